The number of hydrogen-bond donors (Lipinski definition) is 1. The zero-order chi connectivity index (χ0) is 17.6. The quantitative estimate of drug-likeness (QED) is 0.572. The molecule has 0 unspecified atom stereocenters. The van der Waals surface area contributed by atoms with Crippen LogP contribution in [0.5, 0.6) is 0 Å². The molecular weight excluding hydrogens is 338 g/mol. The molecule has 0 bridgehead atoms. The summed E-state index contributed by atoms with van der Waals surface area (Å²) in [5, 5.41) is 12.5. The number of H-pyrrole nitrogens is 1. The van der Waals surface area contributed by atoms with Gasteiger partial charge < -0.3 is 4.74 Å². The van der Waals surface area contributed by atoms with Gasteiger partial charge in [0.05, 0.1) is 30.7 Å². The number of pyridine rings is 1. The first kappa shape index (κ1) is 15.5. The SMILES string of the molecule is COC(=O)c1cnc(-c2ccn3ncc(-c4c(C)n[nH]c4C)c3c2)s1. The van der Waals surface area contributed by atoms with Gasteiger partial charge in [0.2, 0.25) is 0 Å². The number of thiazole rings is 1. The Bertz CT molecular complexity index is 1070. The molecule has 0 amide bonds. The molecular formula is C17H15N5O2S. The van der Waals surface area contributed by atoms with Crippen LogP contribution in [-0.2, 0) is 4.74 Å². The molecule has 0 radical (unpaired) electrons. The smallest absolute Gasteiger partial charge is 0.349 e. The number of carbonyl (C=O) groups excluding carboxylic acids is 1. The average molecular weight is 353 g/mol. The van der Waals surface area contributed by atoms with Gasteiger partial charge in [-0.1, -0.05) is 0 Å². The Morgan fingerprint density at radius 1 is 1.32 bits per heavy atom. The molecule has 0 aliphatic carbocycles. The van der Waals surface area contributed by atoms with E-state index in [1.54, 1.807) is 0 Å². The number of aryl methyl sites for hydroxylation is 2. The molecule has 0 atom stereocenters. The molecule has 4 aromatic rings. The van der Waals surface area contributed by atoms with Gasteiger partial charge in [0.25, 0.3) is 0 Å². The Labute approximate surface area is 147 Å². The zero-order valence-electron chi connectivity index (χ0n) is 13.9. The third-order valence-electron chi connectivity index (χ3n) is 4.06. The Morgan fingerprint density at radius 2 is 2.16 bits per heavy atom. The summed E-state index contributed by atoms with van der Waals surface area (Å²) < 4.78 is 6.56. The van der Waals surface area contributed by atoms with Crippen LogP contribution in [-0.4, -0.2) is 37.9 Å². The largest absolute Gasteiger partial charge is 0.465 e. The van der Waals surface area contributed by atoms with Crippen LogP contribution in [0.2, 0.25) is 0 Å². The van der Waals surface area contributed by atoms with E-state index in [0.717, 1.165) is 38.6 Å². The van der Waals surface area contributed by atoms with Crippen LogP contribution in [0.25, 0.3) is 27.2 Å². The maximum atomic E-state index is 11.6. The van der Waals surface area contributed by atoms with Gasteiger partial charge in [0, 0.05) is 28.6 Å². The van der Waals surface area contributed by atoms with Crippen LogP contribution in [0, 0.1) is 13.8 Å². The first-order valence-electron chi connectivity index (χ1n) is 7.62. The fourth-order valence-electron chi connectivity index (χ4n) is 2.86. The van der Waals surface area contributed by atoms with Gasteiger partial charge >= 0.3 is 5.97 Å². The number of nitrogens with one attached hydrogen (secondary N) is 1. The summed E-state index contributed by atoms with van der Waals surface area (Å²) in [7, 11) is 1.36. The fourth-order valence-corrected chi connectivity index (χ4v) is 3.69. The number of aromatic amines is 1. The van der Waals surface area contributed by atoms with Crippen LogP contribution in [0.4, 0.5) is 0 Å². The third kappa shape index (κ3) is 2.51. The molecule has 8 heteroatoms. The van der Waals surface area contributed by atoms with E-state index in [1.807, 2.05) is 42.9 Å². The maximum Gasteiger partial charge on any atom is 0.349 e. The van der Waals surface area contributed by atoms with Crippen molar-refractivity contribution in [3.63, 3.8) is 0 Å². The molecule has 1 N–H and O–H groups in total. The lowest BCUT2D eigenvalue weighted by Crippen LogP contribution is -1.96. The molecule has 0 spiro atoms. The van der Waals surface area contributed by atoms with Gasteiger partial charge in [-0.15, -0.1) is 11.3 Å². The minimum atomic E-state index is -0.375. The molecule has 126 valence electrons. The lowest BCUT2D eigenvalue weighted by Gasteiger charge is -2.02. The zero-order valence-corrected chi connectivity index (χ0v) is 14.7. The van der Waals surface area contributed by atoms with Crippen molar-refractivity contribution in [1.29, 1.82) is 0 Å². The van der Waals surface area contributed by atoms with E-state index in [1.165, 1.54) is 24.6 Å². The lowest BCUT2D eigenvalue weighted by atomic mass is 10.1. The molecule has 0 aliphatic rings. The number of methoxy groups -OCH3 is 1. The Hall–Kier alpha value is -3.00. The van der Waals surface area contributed by atoms with E-state index in [9.17, 15) is 4.79 Å². The van der Waals surface area contributed by atoms with Crippen molar-refractivity contribution in [2.24, 2.45) is 0 Å². The van der Waals surface area contributed by atoms with Crippen LogP contribution in [0.3, 0.4) is 0 Å². The monoisotopic (exact) mass is 353 g/mol. The predicted octanol–water partition coefficient (Wildman–Crippen LogP) is 3.25. The molecule has 25 heavy (non-hydrogen) atoms. The second kappa shape index (κ2) is 5.82. The molecule has 0 aliphatic heterocycles. The van der Waals surface area contributed by atoms with Gasteiger partial charge in [0.1, 0.15) is 9.88 Å². The summed E-state index contributed by atoms with van der Waals surface area (Å²) in [4.78, 5) is 16.5. The van der Waals surface area contributed by atoms with E-state index in [2.05, 4.69) is 20.3 Å². The van der Waals surface area contributed by atoms with Crippen molar-refractivity contribution in [3.05, 3.63) is 47.0 Å². The van der Waals surface area contributed by atoms with Crippen molar-refractivity contribution in [1.82, 2.24) is 24.8 Å². The van der Waals surface area contributed by atoms with Gasteiger partial charge in [-0.2, -0.15) is 10.2 Å². The van der Waals surface area contributed by atoms with Gasteiger partial charge in [-0.25, -0.2) is 14.3 Å². The Kier molecular flexibility index (Phi) is 3.61. The van der Waals surface area contributed by atoms with Crippen molar-refractivity contribution < 1.29 is 9.53 Å². The minimum absolute atomic E-state index is 0.375. The highest BCUT2D eigenvalue weighted by Gasteiger charge is 2.16. The second-order valence-electron chi connectivity index (χ2n) is 5.63. The summed E-state index contributed by atoms with van der Waals surface area (Å²) in [6.45, 7) is 3.96. The average Bonchev–Trinajstić information content (AvgIpc) is 3.33. The summed E-state index contributed by atoms with van der Waals surface area (Å²) in [5.41, 5.74) is 5.88. The molecule has 7 nitrogen and oxygen atoms in total. The van der Waals surface area contributed by atoms with Crippen molar-refractivity contribution in [2.45, 2.75) is 13.8 Å². The Morgan fingerprint density at radius 3 is 2.88 bits per heavy atom. The number of esters is 1. The van der Waals surface area contributed by atoms with E-state index in [-0.39, 0.29) is 5.97 Å². The molecule has 4 aromatic heterocycles. The van der Waals surface area contributed by atoms with Crippen molar-refractivity contribution >= 4 is 22.8 Å². The first-order valence-corrected chi connectivity index (χ1v) is 8.44. The van der Waals surface area contributed by atoms with Gasteiger partial charge in [0.15, 0.2) is 0 Å². The van der Waals surface area contributed by atoms with E-state index >= 15 is 0 Å². The topological polar surface area (TPSA) is 85.2 Å². The molecule has 0 aromatic carbocycles. The summed E-state index contributed by atoms with van der Waals surface area (Å²) in [6, 6.07) is 3.95. The summed E-state index contributed by atoms with van der Waals surface area (Å²) in [6.07, 6.45) is 5.27. The second-order valence-corrected chi connectivity index (χ2v) is 6.66. The summed E-state index contributed by atoms with van der Waals surface area (Å²) >= 11 is 1.31. The van der Waals surface area contributed by atoms with E-state index in [4.69, 9.17) is 4.74 Å². The number of ether oxygens (including phenoxy) is 1. The Balaban J connectivity index is 1.84. The highest BCUT2D eigenvalue weighted by atomic mass is 32.1. The minimum Gasteiger partial charge on any atom is -0.465 e. The van der Waals surface area contributed by atoms with E-state index in [0.29, 0.717) is 4.88 Å². The standard InChI is InChI=1S/C17H15N5O2S/c1-9-15(10(2)21-20-9)12-7-19-22-5-4-11(6-13(12)22)16-18-8-14(25-16)17(23)24-3/h4-8H,1-3H3,(H,20,21). The molecule has 0 saturated heterocycles. The molecule has 0 saturated carbocycles. The van der Waals surface area contributed by atoms with Crippen molar-refractivity contribution in [3.8, 4) is 21.7 Å². The van der Waals surface area contributed by atoms with Crippen LogP contribution >= 0.6 is 11.3 Å². The first-order chi connectivity index (χ1) is 12.1. The third-order valence-corrected chi connectivity index (χ3v) is 5.08. The van der Waals surface area contributed by atoms with Gasteiger partial charge in [-0.3, -0.25) is 5.10 Å². The van der Waals surface area contributed by atoms with Gasteiger partial charge in [-0.05, 0) is 26.0 Å². The number of aromatic nitrogens is 5. The van der Waals surface area contributed by atoms with Crippen LogP contribution in [0.1, 0.15) is 21.1 Å². The normalized spacial score (nSPS) is 11.2. The molecule has 4 heterocycles. The number of fused-ring (bicyclic) bond motifs is 1. The van der Waals surface area contributed by atoms with Crippen molar-refractivity contribution in [2.75, 3.05) is 7.11 Å². The maximum absolute atomic E-state index is 11.6. The van der Waals surface area contributed by atoms with E-state index < -0.39 is 0 Å². The lowest BCUT2D eigenvalue weighted by molar-refractivity contribution is 0.0606. The fraction of sp³-hybridized carbons (Fsp3) is 0.176. The number of hydrogen-bond acceptors (Lipinski definition) is 6. The van der Waals surface area contributed by atoms with Crippen LogP contribution in [0.15, 0.2) is 30.7 Å². The highest BCUT2D eigenvalue weighted by molar-refractivity contribution is 7.16. The predicted molar refractivity (Wildman–Crippen MR) is 94.7 cm³/mol. The number of nitrogens with zero attached hydrogens (tertiary/aromatic N) is 4. The number of rotatable bonds is 3. The summed E-state index contributed by atoms with van der Waals surface area (Å²) in [5.74, 6) is -0.375. The molecule has 0 fully saturated rings. The van der Waals surface area contributed by atoms with Crippen LogP contribution < -0.4 is 0 Å². The highest BCUT2D eigenvalue weighted by Crippen LogP contribution is 2.32. The number of carbonyl (C=O) groups is 1. The molecule has 4 rings (SSSR count).